The number of sulfonamides is 1. The van der Waals surface area contributed by atoms with Crippen LogP contribution in [0, 0.1) is 13.8 Å². The van der Waals surface area contributed by atoms with Crippen LogP contribution in [0.5, 0.6) is 0 Å². The van der Waals surface area contributed by atoms with Crippen LogP contribution in [0.2, 0.25) is 0 Å². The Bertz CT molecular complexity index is 1280. The van der Waals surface area contributed by atoms with E-state index in [1.165, 1.54) is 12.3 Å². The topological polar surface area (TPSA) is 109 Å². The Hall–Kier alpha value is -3.59. The van der Waals surface area contributed by atoms with Gasteiger partial charge in [-0.2, -0.15) is 0 Å². The first-order valence-electron chi connectivity index (χ1n) is 11.1. The Kier molecular flexibility index (Phi) is 6.74. The molecule has 4 rings (SSSR count). The summed E-state index contributed by atoms with van der Waals surface area (Å²) in [5.74, 6) is -0.207. The number of nitrogens with one attached hydrogen (secondary N) is 2. The minimum atomic E-state index is -3.87. The summed E-state index contributed by atoms with van der Waals surface area (Å²) in [6.45, 7) is 4.61. The van der Waals surface area contributed by atoms with Crippen LogP contribution in [0.15, 0.2) is 70.2 Å². The maximum Gasteiger partial charge on any atom is 0.289 e. The largest absolute Gasteiger partial charge is 0.459 e. The predicted octanol–water partition coefficient (Wildman–Crippen LogP) is 3.73. The van der Waals surface area contributed by atoms with E-state index in [0.29, 0.717) is 42.9 Å². The van der Waals surface area contributed by atoms with Gasteiger partial charge in [-0.05, 0) is 68.7 Å². The Morgan fingerprint density at radius 2 is 1.71 bits per heavy atom. The number of benzene rings is 2. The summed E-state index contributed by atoms with van der Waals surface area (Å²) in [5.41, 5.74) is 2.29. The molecule has 2 heterocycles. The summed E-state index contributed by atoms with van der Waals surface area (Å²) >= 11 is 0. The van der Waals surface area contributed by atoms with E-state index in [1.54, 1.807) is 48.2 Å². The SMILES string of the molecule is Cc1ccc(NS(=O)(=O)c2cc(C(=O)NC3CCN(C(=O)c4ccco4)CC3)ccc2C)cc1. The van der Waals surface area contributed by atoms with Gasteiger partial charge in [-0.3, -0.25) is 14.3 Å². The summed E-state index contributed by atoms with van der Waals surface area (Å²) in [5, 5.41) is 2.97. The highest BCUT2D eigenvalue weighted by molar-refractivity contribution is 7.92. The van der Waals surface area contributed by atoms with Crippen molar-refractivity contribution in [1.82, 2.24) is 10.2 Å². The zero-order valence-electron chi connectivity index (χ0n) is 19.1. The van der Waals surface area contributed by atoms with Gasteiger partial charge in [0.2, 0.25) is 0 Å². The lowest BCUT2D eigenvalue weighted by molar-refractivity contribution is 0.0667. The van der Waals surface area contributed by atoms with Crippen LogP contribution in [0.3, 0.4) is 0 Å². The number of nitrogens with zero attached hydrogens (tertiary/aromatic N) is 1. The van der Waals surface area contributed by atoms with Crippen molar-refractivity contribution in [2.45, 2.75) is 37.6 Å². The van der Waals surface area contributed by atoms with E-state index in [4.69, 9.17) is 4.42 Å². The minimum Gasteiger partial charge on any atom is -0.459 e. The third-order valence-corrected chi connectivity index (χ3v) is 7.42. The summed E-state index contributed by atoms with van der Waals surface area (Å²) in [6, 6.07) is 14.9. The number of hydrogen-bond donors (Lipinski definition) is 2. The second-order valence-corrected chi connectivity index (χ2v) is 10.1. The lowest BCUT2D eigenvalue weighted by Gasteiger charge is -2.32. The molecule has 2 amide bonds. The average molecular weight is 482 g/mol. The monoisotopic (exact) mass is 481 g/mol. The van der Waals surface area contributed by atoms with Crippen molar-refractivity contribution in [3.8, 4) is 0 Å². The number of furan rings is 1. The van der Waals surface area contributed by atoms with Crippen LogP contribution in [0.25, 0.3) is 0 Å². The van der Waals surface area contributed by atoms with E-state index in [2.05, 4.69) is 10.0 Å². The molecule has 0 radical (unpaired) electrons. The smallest absolute Gasteiger partial charge is 0.289 e. The number of hydrogen-bond acceptors (Lipinski definition) is 5. The van der Waals surface area contributed by atoms with Crippen LogP contribution in [-0.4, -0.2) is 44.3 Å². The Morgan fingerprint density at radius 1 is 1.00 bits per heavy atom. The summed E-state index contributed by atoms with van der Waals surface area (Å²) in [4.78, 5) is 27.0. The molecular formula is C25H27N3O5S. The van der Waals surface area contributed by atoms with Crippen molar-refractivity contribution in [3.05, 3.63) is 83.3 Å². The number of aryl methyl sites for hydroxylation is 2. The first-order valence-corrected chi connectivity index (χ1v) is 12.5. The molecule has 0 spiro atoms. The average Bonchev–Trinajstić information content (AvgIpc) is 3.36. The van der Waals surface area contributed by atoms with Crippen molar-refractivity contribution in [2.75, 3.05) is 17.8 Å². The zero-order valence-corrected chi connectivity index (χ0v) is 19.9. The van der Waals surface area contributed by atoms with Crippen molar-refractivity contribution in [3.63, 3.8) is 0 Å². The van der Waals surface area contributed by atoms with Crippen LogP contribution >= 0.6 is 0 Å². The number of carbonyl (C=O) groups excluding carboxylic acids is 2. The lowest BCUT2D eigenvalue weighted by atomic mass is 10.0. The normalized spacial score (nSPS) is 14.6. The molecule has 0 atom stereocenters. The third-order valence-electron chi connectivity index (χ3n) is 5.89. The number of anilines is 1. The Balaban J connectivity index is 1.41. The zero-order chi connectivity index (χ0) is 24.3. The molecule has 0 aliphatic carbocycles. The van der Waals surface area contributed by atoms with Gasteiger partial charge in [0.05, 0.1) is 11.2 Å². The summed E-state index contributed by atoms with van der Waals surface area (Å²) < 4.78 is 33.7. The van der Waals surface area contributed by atoms with Gasteiger partial charge in [0.1, 0.15) is 0 Å². The number of amides is 2. The first kappa shape index (κ1) is 23.6. The Morgan fingerprint density at radius 3 is 2.35 bits per heavy atom. The molecule has 3 aromatic rings. The highest BCUT2D eigenvalue weighted by Crippen LogP contribution is 2.22. The van der Waals surface area contributed by atoms with Gasteiger partial charge in [-0.15, -0.1) is 0 Å². The van der Waals surface area contributed by atoms with Gasteiger partial charge in [0.15, 0.2) is 5.76 Å². The molecule has 2 N–H and O–H groups in total. The van der Waals surface area contributed by atoms with Crippen LogP contribution in [0.1, 0.15) is 44.9 Å². The molecular weight excluding hydrogens is 454 g/mol. The van der Waals surface area contributed by atoms with E-state index < -0.39 is 10.0 Å². The molecule has 1 aromatic heterocycles. The molecule has 1 saturated heterocycles. The molecule has 1 aliphatic heterocycles. The maximum absolute atomic E-state index is 13.0. The van der Waals surface area contributed by atoms with E-state index >= 15 is 0 Å². The quantitative estimate of drug-likeness (QED) is 0.558. The number of likely N-dealkylation sites (tertiary alicyclic amines) is 1. The van der Waals surface area contributed by atoms with E-state index in [9.17, 15) is 18.0 Å². The van der Waals surface area contributed by atoms with Gasteiger partial charge in [-0.25, -0.2) is 8.42 Å². The number of carbonyl (C=O) groups is 2. The highest BCUT2D eigenvalue weighted by atomic mass is 32.2. The summed E-state index contributed by atoms with van der Waals surface area (Å²) in [7, 11) is -3.87. The second kappa shape index (κ2) is 9.72. The molecule has 1 fully saturated rings. The minimum absolute atomic E-state index is 0.0552. The molecule has 34 heavy (non-hydrogen) atoms. The number of rotatable bonds is 6. The Labute approximate surface area is 199 Å². The summed E-state index contributed by atoms with van der Waals surface area (Å²) in [6.07, 6.45) is 2.67. The molecule has 2 aromatic carbocycles. The van der Waals surface area contributed by atoms with Crippen LogP contribution < -0.4 is 10.0 Å². The molecule has 8 nitrogen and oxygen atoms in total. The van der Waals surface area contributed by atoms with Gasteiger partial charge in [0, 0.05) is 30.4 Å². The first-order chi connectivity index (χ1) is 16.2. The second-order valence-electron chi connectivity index (χ2n) is 8.47. The van der Waals surface area contributed by atoms with Gasteiger partial charge in [-0.1, -0.05) is 23.8 Å². The molecule has 1 aliphatic rings. The fraction of sp³-hybridized carbons (Fsp3) is 0.280. The van der Waals surface area contributed by atoms with Crippen LogP contribution in [0.4, 0.5) is 5.69 Å². The predicted molar refractivity (Wildman–Crippen MR) is 128 cm³/mol. The fourth-order valence-electron chi connectivity index (χ4n) is 3.91. The molecule has 178 valence electrons. The van der Waals surface area contributed by atoms with Crippen LogP contribution in [-0.2, 0) is 10.0 Å². The molecule has 0 saturated carbocycles. The van der Waals surface area contributed by atoms with Crippen molar-refractivity contribution >= 4 is 27.5 Å². The molecule has 0 bridgehead atoms. The lowest BCUT2D eigenvalue weighted by Crippen LogP contribution is -2.46. The van der Waals surface area contributed by atoms with Crippen molar-refractivity contribution in [1.29, 1.82) is 0 Å². The maximum atomic E-state index is 13.0. The van der Waals surface area contributed by atoms with Crippen molar-refractivity contribution < 1.29 is 22.4 Å². The van der Waals surface area contributed by atoms with Gasteiger partial charge < -0.3 is 14.6 Å². The van der Waals surface area contributed by atoms with E-state index in [1.807, 2.05) is 19.1 Å². The standard InChI is InChI=1S/C25H27N3O5S/c1-17-5-9-21(10-6-17)27-34(31,32)23-16-19(8-7-18(23)2)24(29)26-20-11-13-28(14-12-20)25(30)22-4-3-15-33-22/h3-10,15-16,20,27H,11-14H2,1-2H3,(H,26,29). The molecule has 9 heteroatoms. The third kappa shape index (κ3) is 5.31. The van der Waals surface area contributed by atoms with Gasteiger partial charge >= 0.3 is 0 Å². The highest BCUT2D eigenvalue weighted by Gasteiger charge is 2.26. The van der Waals surface area contributed by atoms with E-state index in [-0.39, 0.29) is 28.3 Å². The number of piperidine rings is 1. The van der Waals surface area contributed by atoms with E-state index in [0.717, 1.165) is 5.56 Å². The van der Waals surface area contributed by atoms with Gasteiger partial charge in [0.25, 0.3) is 21.8 Å². The van der Waals surface area contributed by atoms with Crippen molar-refractivity contribution in [2.24, 2.45) is 0 Å². The molecule has 0 unspecified atom stereocenters. The fourth-order valence-corrected chi connectivity index (χ4v) is 5.24.